The maximum Gasteiger partial charge on any atom is 0.230 e. The van der Waals surface area contributed by atoms with Crippen LogP contribution < -0.4 is 10.2 Å². The average molecular weight is 452 g/mol. The first-order valence-corrected chi connectivity index (χ1v) is 12.0. The van der Waals surface area contributed by atoms with Crippen molar-refractivity contribution in [3.05, 3.63) is 59.7 Å². The van der Waals surface area contributed by atoms with Gasteiger partial charge in [-0.05, 0) is 47.6 Å². The molecule has 2 amide bonds. The molecule has 0 aliphatic heterocycles. The fourth-order valence-corrected chi connectivity index (χ4v) is 4.11. The molecule has 2 aromatic rings. The van der Waals surface area contributed by atoms with Gasteiger partial charge in [0.25, 0.3) is 0 Å². The van der Waals surface area contributed by atoms with E-state index in [1.807, 2.05) is 67.5 Å². The molecular weight excluding hydrogens is 410 g/mol. The molecule has 2 aromatic carbocycles. The van der Waals surface area contributed by atoms with E-state index in [4.69, 9.17) is 0 Å². The van der Waals surface area contributed by atoms with Gasteiger partial charge in [-0.2, -0.15) is 0 Å². The molecule has 0 saturated heterocycles. The molecule has 5 heteroatoms. The number of benzene rings is 2. The predicted octanol–water partition coefficient (Wildman–Crippen LogP) is 6.06. The zero-order chi connectivity index (χ0) is 24.6. The smallest absolute Gasteiger partial charge is 0.230 e. The summed E-state index contributed by atoms with van der Waals surface area (Å²) in [6.07, 6.45) is 2.09. The van der Waals surface area contributed by atoms with Crippen LogP contribution in [0.1, 0.15) is 70.9 Å². The summed E-state index contributed by atoms with van der Waals surface area (Å²) in [6, 6.07) is 16.0. The number of anilines is 2. The quantitative estimate of drug-likeness (QED) is 0.478. The molecule has 0 aliphatic rings. The molecule has 0 spiro atoms. The molecule has 0 saturated carbocycles. The monoisotopic (exact) mass is 451 g/mol. The highest BCUT2D eigenvalue weighted by atomic mass is 16.2. The Morgan fingerprint density at radius 3 is 2.21 bits per heavy atom. The highest BCUT2D eigenvalue weighted by Crippen LogP contribution is 2.28. The molecule has 0 heterocycles. The van der Waals surface area contributed by atoms with Crippen molar-refractivity contribution in [3.8, 4) is 0 Å². The average Bonchev–Trinajstić information content (AvgIpc) is 2.73. The van der Waals surface area contributed by atoms with Gasteiger partial charge in [0.05, 0.1) is 5.92 Å². The summed E-state index contributed by atoms with van der Waals surface area (Å²) >= 11 is 0. The van der Waals surface area contributed by atoms with Gasteiger partial charge in [0.2, 0.25) is 11.8 Å². The topological polar surface area (TPSA) is 52.7 Å². The Hall–Kier alpha value is -2.82. The van der Waals surface area contributed by atoms with Crippen LogP contribution in [-0.4, -0.2) is 37.4 Å². The lowest BCUT2D eigenvalue weighted by Gasteiger charge is -2.29. The van der Waals surface area contributed by atoms with Crippen LogP contribution in [0.15, 0.2) is 48.5 Å². The van der Waals surface area contributed by atoms with Gasteiger partial charge in [-0.1, -0.05) is 65.0 Å². The van der Waals surface area contributed by atoms with E-state index in [9.17, 15) is 9.59 Å². The van der Waals surface area contributed by atoms with Gasteiger partial charge in [0.15, 0.2) is 0 Å². The summed E-state index contributed by atoms with van der Waals surface area (Å²) < 4.78 is 0. The number of carbonyl (C=O) groups excluding carboxylic acids is 2. The van der Waals surface area contributed by atoms with Crippen molar-refractivity contribution in [1.29, 1.82) is 0 Å². The first-order chi connectivity index (χ1) is 15.6. The van der Waals surface area contributed by atoms with Crippen molar-refractivity contribution in [2.24, 2.45) is 5.41 Å². The summed E-state index contributed by atoms with van der Waals surface area (Å²) in [7, 11) is 4.00. The van der Waals surface area contributed by atoms with E-state index in [0.29, 0.717) is 19.5 Å². The van der Waals surface area contributed by atoms with E-state index in [0.717, 1.165) is 35.3 Å². The molecule has 5 nitrogen and oxygen atoms in total. The summed E-state index contributed by atoms with van der Waals surface area (Å²) in [5, 5.41) is 3.04. The summed E-state index contributed by atoms with van der Waals surface area (Å²) in [6.45, 7) is 11.5. The van der Waals surface area contributed by atoms with Gasteiger partial charge < -0.3 is 15.1 Å². The molecule has 0 unspecified atom stereocenters. The van der Waals surface area contributed by atoms with E-state index in [1.54, 1.807) is 0 Å². The van der Waals surface area contributed by atoms with E-state index in [1.165, 1.54) is 0 Å². The van der Waals surface area contributed by atoms with Gasteiger partial charge in [0.1, 0.15) is 0 Å². The second kappa shape index (κ2) is 11.9. The third-order valence-electron chi connectivity index (χ3n) is 5.61. The summed E-state index contributed by atoms with van der Waals surface area (Å²) in [4.78, 5) is 30.1. The summed E-state index contributed by atoms with van der Waals surface area (Å²) in [5.41, 5.74) is 3.82. The van der Waals surface area contributed by atoms with Crippen molar-refractivity contribution >= 4 is 23.2 Å². The predicted molar refractivity (Wildman–Crippen MR) is 139 cm³/mol. The number of nitrogens with zero attached hydrogens (tertiary/aromatic N) is 2. The Labute approximate surface area is 200 Å². The number of amides is 2. The van der Waals surface area contributed by atoms with Gasteiger partial charge >= 0.3 is 0 Å². The number of rotatable bonds is 10. The fourth-order valence-electron chi connectivity index (χ4n) is 4.11. The number of carbonyl (C=O) groups is 2. The van der Waals surface area contributed by atoms with Gasteiger partial charge in [-0.25, -0.2) is 0 Å². The Balaban J connectivity index is 2.32. The Bertz CT molecular complexity index is 916. The minimum absolute atomic E-state index is 0.00247. The van der Waals surface area contributed by atoms with Gasteiger partial charge in [-0.15, -0.1) is 0 Å². The van der Waals surface area contributed by atoms with Crippen molar-refractivity contribution in [2.75, 3.05) is 30.9 Å². The van der Waals surface area contributed by atoms with E-state index >= 15 is 0 Å². The SMILES string of the molecule is CCCN(Cc1cc(NC(=O)CC(C)(C)C)ccc1N(C)C)C(=O)[C@H](CC)c1ccccc1. The van der Waals surface area contributed by atoms with Gasteiger partial charge in [-0.3, -0.25) is 9.59 Å². The molecule has 0 aliphatic carbocycles. The molecule has 1 N–H and O–H groups in total. The number of hydrogen-bond donors (Lipinski definition) is 1. The zero-order valence-electron chi connectivity index (χ0n) is 21.4. The first kappa shape index (κ1) is 26.4. The molecule has 2 rings (SSSR count). The van der Waals surface area contributed by atoms with Crippen LogP contribution in [0.4, 0.5) is 11.4 Å². The van der Waals surface area contributed by atoms with Crippen LogP contribution in [0.25, 0.3) is 0 Å². The second-order valence-corrected chi connectivity index (χ2v) is 10.2. The zero-order valence-corrected chi connectivity index (χ0v) is 21.4. The molecule has 0 aromatic heterocycles. The van der Waals surface area contributed by atoms with Crippen LogP contribution in [-0.2, 0) is 16.1 Å². The molecule has 33 heavy (non-hydrogen) atoms. The van der Waals surface area contributed by atoms with E-state index in [2.05, 4.69) is 44.8 Å². The maximum absolute atomic E-state index is 13.6. The third kappa shape index (κ3) is 7.92. The highest BCUT2D eigenvalue weighted by Gasteiger charge is 2.25. The fraction of sp³-hybridized carbons (Fsp3) is 0.500. The Morgan fingerprint density at radius 1 is 1.00 bits per heavy atom. The van der Waals surface area contributed by atoms with Crippen LogP contribution in [0.5, 0.6) is 0 Å². The lowest BCUT2D eigenvalue weighted by atomic mass is 9.92. The van der Waals surface area contributed by atoms with Crippen molar-refractivity contribution < 1.29 is 9.59 Å². The van der Waals surface area contributed by atoms with Crippen molar-refractivity contribution in [1.82, 2.24) is 4.90 Å². The molecule has 1 atom stereocenters. The van der Waals surface area contributed by atoms with Crippen molar-refractivity contribution in [2.45, 2.75) is 66.3 Å². The lowest BCUT2D eigenvalue weighted by Crippen LogP contribution is -2.35. The normalized spacial score (nSPS) is 12.2. The van der Waals surface area contributed by atoms with E-state index in [-0.39, 0.29) is 23.1 Å². The van der Waals surface area contributed by atoms with Crippen molar-refractivity contribution in [3.63, 3.8) is 0 Å². The second-order valence-electron chi connectivity index (χ2n) is 10.2. The largest absolute Gasteiger partial charge is 0.377 e. The minimum atomic E-state index is -0.157. The number of nitrogens with one attached hydrogen (secondary N) is 1. The molecule has 180 valence electrons. The standard InChI is InChI=1S/C28H41N3O2/c1-8-17-31(27(33)24(9-2)21-13-11-10-12-14-21)20-22-18-23(15-16-25(22)30(6)7)29-26(32)19-28(3,4)5/h10-16,18,24H,8-9,17,19-20H2,1-7H3,(H,29,32)/t24-/m1/s1. The van der Waals surface area contributed by atoms with Gasteiger partial charge in [0, 0.05) is 45.0 Å². The Morgan fingerprint density at radius 2 is 1.67 bits per heavy atom. The maximum atomic E-state index is 13.6. The van der Waals surface area contributed by atoms with Crippen LogP contribution >= 0.6 is 0 Å². The molecule has 0 bridgehead atoms. The van der Waals surface area contributed by atoms with Crippen LogP contribution in [0.3, 0.4) is 0 Å². The Kier molecular flexibility index (Phi) is 9.51. The molecule has 0 radical (unpaired) electrons. The third-order valence-corrected chi connectivity index (χ3v) is 5.61. The molecule has 0 fully saturated rings. The van der Waals surface area contributed by atoms with Crippen LogP contribution in [0.2, 0.25) is 0 Å². The van der Waals surface area contributed by atoms with E-state index < -0.39 is 0 Å². The highest BCUT2D eigenvalue weighted by molar-refractivity contribution is 5.91. The number of hydrogen-bond acceptors (Lipinski definition) is 3. The first-order valence-electron chi connectivity index (χ1n) is 12.0. The molecular formula is C28H41N3O2. The minimum Gasteiger partial charge on any atom is -0.377 e. The van der Waals surface area contributed by atoms with Crippen LogP contribution in [0, 0.1) is 5.41 Å². The summed E-state index contributed by atoms with van der Waals surface area (Å²) in [5.74, 6) is -0.00433. The lowest BCUT2D eigenvalue weighted by molar-refractivity contribution is -0.133.